The Morgan fingerprint density at radius 3 is 1.60 bits per heavy atom. The third kappa shape index (κ3) is 8.62. The van der Waals surface area contributed by atoms with Crippen LogP contribution in [0.25, 0.3) is 0 Å². The number of esters is 1. The molecule has 4 aromatic rings. The molecule has 224 valence electrons. The van der Waals surface area contributed by atoms with Crippen LogP contribution in [0.1, 0.15) is 40.9 Å². The molecule has 0 radical (unpaired) electrons. The van der Waals surface area contributed by atoms with Gasteiger partial charge in [-0.1, -0.05) is 123 Å². The molecule has 1 fully saturated rings. The number of carbonyl (C=O) groups excluding carboxylic acids is 1. The highest BCUT2D eigenvalue weighted by Crippen LogP contribution is 2.34. The van der Waals surface area contributed by atoms with Crippen molar-refractivity contribution in [1.29, 1.82) is 0 Å². The van der Waals surface area contributed by atoms with Crippen molar-refractivity contribution in [3.63, 3.8) is 0 Å². The number of hydrogen-bond acceptors (Lipinski definition) is 6. The molecule has 43 heavy (non-hydrogen) atoms. The van der Waals surface area contributed by atoms with Crippen LogP contribution in [-0.2, 0) is 43.5 Å². The van der Waals surface area contributed by atoms with Crippen LogP contribution in [0, 0.1) is 5.92 Å². The van der Waals surface area contributed by atoms with E-state index in [1.807, 2.05) is 109 Å². The van der Waals surface area contributed by atoms with Crippen molar-refractivity contribution >= 4 is 5.97 Å². The molecule has 0 bridgehead atoms. The minimum absolute atomic E-state index is 0.0306. The van der Waals surface area contributed by atoms with Crippen LogP contribution in [0.5, 0.6) is 0 Å². The van der Waals surface area contributed by atoms with Gasteiger partial charge in [0, 0.05) is 0 Å². The van der Waals surface area contributed by atoms with E-state index in [0.29, 0.717) is 32.0 Å². The van der Waals surface area contributed by atoms with Crippen LogP contribution in [0.3, 0.4) is 0 Å². The predicted octanol–water partition coefficient (Wildman–Crippen LogP) is 7.02. The first-order chi connectivity index (χ1) is 21.1. The molecule has 1 aliphatic heterocycles. The lowest BCUT2D eigenvalue weighted by Crippen LogP contribution is -2.62. The van der Waals surface area contributed by atoms with E-state index in [4.69, 9.17) is 23.7 Å². The number of carbonyl (C=O) groups is 1. The maximum Gasteiger partial charge on any atom is 0.338 e. The monoisotopic (exact) mass is 580 g/mol. The predicted molar refractivity (Wildman–Crippen MR) is 165 cm³/mol. The van der Waals surface area contributed by atoms with E-state index in [-0.39, 0.29) is 5.92 Å². The van der Waals surface area contributed by atoms with Gasteiger partial charge >= 0.3 is 5.97 Å². The molecule has 6 heteroatoms. The molecule has 0 amide bonds. The second-order valence-corrected chi connectivity index (χ2v) is 11.1. The van der Waals surface area contributed by atoms with Crippen LogP contribution in [-0.4, -0.2) is 43.1 Å². The number of hydrogen-bond donors (Lipinski definition) is 0. The fraction of sp³-hybridized carbons (Fsp3) is 0.324. The van der Waals surface area contributed by atoms with Gasteiger partial charge in [0.1, 0.15) is 24.4 Å². The molecule has 0 N–H and O–H groups in total. The number of benzene rings is 4. The fourth-order valence-electron chi connectivity index (χ4n) is 5.31. The van der Waals surface area contributed by atoms with E-state index in [1.165, 1.54) is 0 Å². The van der Waals surface area contributed by atoms with Gasteiger partial charge in [0.2, 0.25) is 0 Å². The van der Waals surface area contributed by atoms with Crippen molar-refractivity contribution in [2.45, 2.75) is 64.2 Å². The highest BCUT2D eigenvalue weighted by molar-refractivity contribution is 5.89. The average molecular weight is 581 g/mol. The van der Waals surface area contributed by atoms with Crippen LogP contribution in [0.2, 0.25) is 0 Å². The molecule has 0 saturated carbocycles. The van der Waals surface area contributed by atoms with Crippen molar-refractivity contribution in [3.05, 3.63) is 144 Å². The first-order valence-corrected chi connectivity index (χ1v) is 14.9. The van der Waals surface area contributed by atoms with Crippen molar-refractivity contribution in [2.75, 3.05) is 6.61 Å². The van der Waals surface area contributed by atoms with Crippen molar-refractivity contribution < 1.29 is 28.5 Å². The van der Waals surface area contributed by atoms with Gasteiger partial charge in [-0.3, -0.25) is 0 Å². The number of rotatable bonds is 13. The minimum atomic E-state index is -0.706. The normalized spacial score (nSPS) is 21.9. The lowest BCUT2D eigenvalue weighted by molar-refractivity contribution is -0.267. The largest absolute Gasteiger partial charge is 0.453 e. The quantitative estimate of drug-likeness (QED) is 0.158. The first kappa shape index (κ1) is 30.6. The van der Waals surface area contributed by atoms with Crippen LogP contribution in [0.4, 0.5) is 0 Å². The third-order valence-electron chi connectivity index (χ3n) is 7.54. The van der Waals surface area contributed by atoms with Gasteiger partial charge in [0.05, 0.1) is 32.0 Å². The maximum atomic E-state index is 13.4. The van der Waals surface area contributed by atoms with Crippen LogP contribution in [0.15, 0.2) is 121 Å². The molecule has 0 spiro atoms. The minimum Gasteiger partial charge on any atom is -0.453 e. The fourth-order valence-corrected chi connectivity index (χ4v) is 5.31. The SMILES string of the molecule is CC(C)[C@H]1O[C@H](COCc2ccccc2)[C@@H](OCc2ccccc2)[C@H](OCc2ccccc2)[C@@H]1OC(=O)c1ccccc1. The van der Waals surface area contributed by atoms with Crippen molar-refractivity contribution in [1.82, 2.24) is 0 Å². The molecular weight excluding hydrogens is 540 g/mol. The Balaban J connectivity index is 1.44. The second kappa shape index (κ2) is 15.6. The summed E-state index contributed by atoms with van der Waals surface area (Å²) < 4.78 is 32.4. The molecule has 5 atom stereocenters. The van der Waals surface area contributed by atoms with Crippen LogP contribution >= 0.6 is 0 Å². The van der Waals surface area contributed by atoms with Gasteiger partial charge in [0.25, 0.3) is 0 Å². The summed E-state index contributed by atoms with van der Waals surface area (Å²) in [6.07, 6.45) is -2.77. The van der Waals surface area contributed by atoms with Crippen molar-refractivity contribution in [2.24, 2.45) is 5.92 Å². The maximum absolute atomic E-state index is 13.4. The average Bonchev–Trinajstić information content (AvgIpc) is 3.05. The molecule has 1 heterocycles. The van der Waals surface area contributed by atoms with E-state index in [1.54, 1.807) is 12.1 Å². The molecule has 0 unspecified atom stereocenters. The highest BCUT2D eigenvalue weighted by Gasteiger charge is 2.50. The molecule has 5 rings (SSSR count). The topological polar surface area (TPSA) is 63.2 Å². The van der Waals surface area contributed by atoms with E-state index >= 15 is 0 Å². The Morgan fingerprint density at radius 1 is 0.628 bits per heavy atom. The van der Waals surface area contributed by atoms with E-state index in [9.17, 15) is 4.79 Å². The molecule has 6 nitrogen and oxygen atoms in total. The summed E-state index contributed by atoms with van der Waals surface area (Å²) in [5, 5.41) is 0. The second-order valence-electron chi connectivity index (χ2n) is 11.1. The van der Waals surface area contributed by atoms with Gasteiger partial charge in [-0.05, 0) is 34.7 Å². The Kier molecular flexibility index (Phi) is 11.1. The third-order valence-corrected chi connectivity index (χ3v) is 7.54. The summed E-state index contributed by atoms with van der Waals surface area (Å²) in [4.78, 5) is 13.4. The summed E-state index contributed by atoms with van der Waals surface area (Å²) in [6.45, 7) is 5.55. The molecule has 0 aliphatic carbocycles. The Labute approximate surface area is 254 Å². The lowest BCUT2D eigenvalue weighted by atomic mass is 9.88. The zero-order chi connectivity index (χ0) is 29.9. The van der Waals surface area contributed by atoms with Gasteiger partial charge in [0.15, 0.2) is 6.10 Å². The van der Waals surface area contributed by atoms with E-state index in [0.717, 1.165) is 16.7 Å². The summed E-state index contributed by atoms with van der Waals surface area (Å²) in [7, 11) is 0. The zero-order valence-electron chi connectivity index (χ0n) is 24.8. The zero-order valence-corrected chi connectivity index (χ0v) is 24.8. The lowest BCUT2D eigenvalue weighted by Gasteiger charge is -2.47. The van der Waals surface area contributed by atoms with Gasteiger partial charge in [-0.25, -0.2) is 4.79 Å². The Hall–Kier alpha value is -3.81. The standard InChI is InChI=1S/C37H40O6/c1-27(2)33-36(43-37(38)31-21-13-6-14-22-31)35(41-25-30-19-11-5-12-20-30)34(40-24-29-17-9-4-10-18-29)32(42-33)26-39-23-28-15-7-3-8-16-28/h3-22,27,32-36H,23-26H2,1-2H3/t32-,33-,34-,35+,36-/m1/s1. The highest BCUT2D eigenvalue weighted by atomic mass is 16.6. The molecule has 0 aromatic heterocycles. The van der Waals surface area contributed by atoms with Gasteiger partial charge in [-0.2, -0.15) is 0 Å². The van der Waals surface area contributed by atoms with E-state index in [2.05, 4.69) is 13.8 Å². The summed E-state index contributed by atoms with van der Waals surface area (Å²) in [5.41, 5.74) is 3.59. The summed E-state index contributed by atoms with van der Waals surface area (Å²) in [6, 6.07) is 39.0. The molecule has 1 aliphatic rings. The number of ether oxygens (including phenoxy) is 5. The molecule has 1 saturated heterocycles. The van der Waals surface area contributed by atoms with E-state index < -0.39 is 36.5 Å². The van der Waals surface area contributed by atoms with Crippen LogP contribution < -0.4 is 0 Å². The molecular formula is C37H40O6. The molecule has 4 aromatic carbocycles. The Bertz CT molecular complexity index is 1360. The van der Waals surface area contributed by atoms with Gasteiger partial charge < -0.3 is 23.7 Å². The first-order valence-electron chi connectivity index (χ1n) is 14.9. The summed E-state index contributed by atoms with van der Waals surface area (Å²) >= 11 is 0. The smallest absolute Gasteiger partial charge is 0.338 e. The Morgan fingerprint density at radius 2 is 1.09 bits per heavy atom. The van der Waals surface area contributed by atoms with Crippen molar-refractivity contribution in [3.8, 4) is 0 Å². The van der Waals surface area contributed by atoms with Gasteiger partial charge in [-0.15, -0.1) is 0 Å². The summed E-state index contributed by atoms with van der Waals surface area (Å²) in [5.74, 6) is -0.392.